The molecule has 0 spiro atoms. The van der Waals surface area contributed by atoms with Gasteiger partial charge in [0.05, 0.1) is 5.60 Å². The molecule has 0 atom stereocenters. The highest BCUT2D eigenvalue weighted by atomic mass is 16.5. The van der Waals surface area contributed by atoms with Crippen molar-refractivity contribution in [3.8, 4) is 0 Å². The fourth-order valence-corrected chi connectivity index (χ4v) is 2.02. The molecule has 0 bridgehead atoms. The van der Waals surface area contributed by atoms with E-state index in [-0.39, 0.29) is 5.60 Å². The number of allylic oxidation sites excluding steroid dienone is 5. The molecule has 0 saturated carbocycles. The van der Waals surface area contributed by atoms with E-state index in [1.165, 1.54) is 31.3 Å². The van der Waals surface area contributed by atoms with Gasteiger partial charge in [-0.1, -0.05) is 70.4 Å². The zero-order chi connectivity index (χ0) is 23.3. The van der Waals surface area contributed by atoms with E-state index < -0.39 is 0 Å². The molecule has 29 heavy (non-hydrogen) atoms. The highest BCUT2D eigenvalue weighted by molar-refractivity contribution is 5.76. The van der Waals surface area contributed by atoms with Crippen molar-refractivity contribution in [3.05, 3.63) is 36.0 Å². The van der Waals surface area contributed by atoms with Crippen LogP contribution in [-0.4, -0.2) is 31.1 Å². The van der Waals surface area contributed by atoms with E-state index in [0.29, 0.717) is 11.1 Å². The number of hydrogen-bond donors (Lipinski definition) is 1. The third-order valence-electron chi connectivity index (χ3n) is 4.11. The average Bonchev–Trinajstić information content (AvgIpc) is 2.65. The molecule has 0 aliphatic heterocycles. The Bertz CT molecular complexity index is 444. The molecule has 172 valence electrons. The van der Waals surface area contributed by atoms with Crippen LogP contribution in [0.5, 0.6) is 0 Å². The van der Waals surface area contributed by atoms with Crippen LogP contribution in [0.3, 0.4) is 0 Å². The smallest absolute Gasteiger partial charge is 0.149 e. The van der Waals surface area contributed by atoms with Crippen LogP contribution in [0.1, 0.15) is 101 Å². The highest BCUT2D eigenvalue weighted by Gasteiger charge is 2.14. The van der Waals surface area contributed by atoms with Gasteiger partial charge in [0, 0.05) is 18.2 Å². The standard InChI is InChI=1S/C11H16O.C10H23N.C5H12O/c1-4-6-10(2)7-5-8-11(3)9-12;1-5-7-8-10(3,4)11-9-6-2;1-5(2,3)6-4/h5,7-9H,3-4,6H2,1-2H3;11H,5-9H2,1-4H3;1-4H3/b8-5-,10-7-;;. The lowest BCUT2D eigenvalue weighted by Gasteiger charge is -2.25. The van der Waals surface area contributed by atoms with Crippen LogP contribution in [0.25, 0.3) is 0 Å². The van der Waals surface area contributed by atoms with Crippen molar-refractivity contribution in [3.63, 3.8) is 0 Å². The van der Waals surface area contributed by atoms with E-state index in [0.717, 1.165) is 25.7 Å². The summed E-state index contributed by atoms with van der Waals surface area (Å²) in [5, 5.41) is 3.54. The van der Waals surface area contributed by atoms with Crippen molar-refractivity contribution in [1.29, 1.82) is 0 Å². The number of ether oxygens (including phenoxy) is 1. The molecular formula is C26H51NO2. The molecule has 3 heteroatoms. The summed E-state index contributed by atoms with van der Waals surface area (Å²) >= 11 is 0. The van der Waals surface area contributed by atoms with E-state index in [2.05, 4.69) is 53.4 Å². The quantitative estimate of drug-likeness (QED) is 0.219. The first-order valence-corrected chi connectivity index (χ1v) is 11.2. The van der Waals surface area contributed by atoms with Crippen molar-refractivity contribution in [2.75, 3.05) is 13.7 Å². The van der Waals surface area contributed by atoms with Crippen LogP contribution in [0.4, 0.5) is 0 Å². The number of carbonyl (C=O) groups is 1. The first-order valence-electron chi connectivity index (χ1n) is 11.2. The molecule has 0 heterocycles. The maximum atomic E-state index is 10.1. The van der Waals surface area contributed by atoms with Gasteiger partial charge in [0.2, 0.25) is 0 Å². The van der Waals surface area contributed by atoms with Crippen molar-refractivity contribution >= 4 is 6.29 Å². The third-order valence-corrected chi connectivity index (χ3v) is 4.11. The molecule has 0 unspecified atom stereocenters. The van der Waals surface area contributed by atoms with Crippen molar-refractivity contribution in [2.45, 2.75) is 112 Å². The Labute approximate surface area is 183 Å². The van der Waals surface area contributed by atoms with Gasteiger partial charge in [-0.05, 0) is 67.3 Å². The minimum absolute atomic E-state index is 0.0417. The van der Waals surface area contributed by atoms with Gasteiger partial charge < -0.3 is 10.1 Å². The highest BCUT2D eigenvalue weighted by Crippen LogP contribution is 2.12. The van der Waals surface area contributed by atoms with Gasteiger partial charge in [-0.15, -0.1) is 0 Å². The predicted molar refractivity (Wildman–Crippen MR) is 132 cm³/mol. The van der Waals surface area contributed by atoms with E-state index >= 15 is 0 Å². The Balaban J connectivity index is -0.000000369. The Kier molecular flexibility index (Phi) is 22.5. The molecule has 0 aromatic carbocycles. The molecule has 1 N–H and O–H groups in total. The summed E-state index contributed by atoms with van der Waals surface area (Å²) in [4.78, 5) is 10.1. The molecule has 3 nitrogen and oxygen atoms in total. The van der Waals surface area contributed by atoms with Crippen molar-refractivity contribution in [2.24, 2.45) is 0 Å². The molecule has 0 aromatic rings. The number of carbonyl (C=O) groups excluding carboxylic acids is 1. The molecule has 0 aromatic heterocycles. The van der Waals surface area contributed by atoms with Crippen LogP contribution in [0, 0.1) is 0 Å². The van der Waals surface area contributed by atoms with Crippen LogP contribution >= 0.6 is 0 Å². The van der Waals surface area contributed by atoms with Crippen LogP contribution in [0.15, 0.2) is 36.0 Å². The summed E-state index contributed by atoms with van der Waals surface area (Å²) in [7, 11) is 1.71. The summed E-state index contributed by atoms with van der Waals surface area (Å²) in [6, 6.07) is 0. The Hall–Kier alpha value is -1.19. The average molecular weight is 410 g/mol. The van der Waals surface area contributed by atoms with Gasteiger partial charge in [0.25, 0.3) is 0 Å². The van der Waals surface area contributed by atoms with Gasteiger partial charge in [-0.25, -0.2) is 0 Å². The molecule has 0 aliphatic carbocycles. The second-order valence-corrected chi connectivity index (χ2v) is 9.05. The number of hydrogen-bond acceptors (Lipinski definition) is 3. The topological polar surface area (TPSA) is 38.3 Å². The van der Waals surface area contributed by atoms with Gasteiger partial charge in [0.1, 0.15) is 6.29 Å². The summed E-state index contributed by atoms with van der Waals surface area (Å²) < 4.78 is 4.94. The number of aldehydes is 1. The number of nitrogens with one attached hydrogen (secondary N) is 1. The van der Waals surface area contributed by atoms with Crippen LogP contribution in [-0.2, 0) is 9.53 Å². The first kappa shape index (κ1) is 32.5. The molecule has 0 fully saturated rings. The fourth-order valence-electron chi connectivity index (χ4n) is 2.02. The van der Waals surface area contributed by atoms with Gasteiger partial charge >= 0.3 is 0 Å². The van der Waals surface area contributed by atoms with Gasteiger partial charge in [-0.3, -0.25) is 4.79 Å². The van der Waals surface area contributed by atoms with E-state index in [1.807, 2.05) is 32.9 Å². The number of methoxy groups -OCH3 is 1. The van der Waals surface area contributed by atoms with E-state index in [9.17, 15) is 4.79 Å². The minimum atomic E-state index is 0.0417. The molecule has 0 amide bonds. The Morgan fingerprint density at radius 1 is 1.03 bits per heavy atom. The minimum Gasteiger partial charge on any atom is -0.379 e. The second kappa shape index (κ2) is 20.1. The number of unbranched alkanes of at least 4 members (excludes halogenated alkanes) is 1. The SMILES string of the molecule is C=C(C=O)/C=C\C=C(\C)CCC.CCCCC(C)(C)NCCC.COC(C)(C)C. The first-order chi connectivity index (χ1) is 13.4. The fraction of sp³-hybridized carbons (Fsp3) is 0.731. The van der Waals surface area contributed by atoms with Crippen LogP contribution < -0.4 is 5.32 Å². The Morgan fingerprint density at radius 2 is 1.59 bits per heavy atom. The summed E-state index contributed by atoms with van der Waals surface area (Å²) in [6.07, 6.45) is 13.8. The predicted octanol–water partition coefficient (Wildman–Crippen LogP) is 7.43. The van der Waals surface area contributed by atoms with Crippen molar-refractivity contribution < 1.29 is 9.53 Å². The summed E-state index contributed by atoms with van der Waals surface area (Å²) in [5.74, 6) is 0. The van der Waals surface area contributed by atoms with Gasteiger partial charge in [-0.2, -0.15) is 0 Å². The van der Waals surface area contributed by atoms with Crippen molar-refractivity contribution in [1.82, 2.24) is 5.32 Å². The third kappa shape index (κ3) is 31.7. The van der Waals surface area contributed by atoms with Crippen LogP contribution in [0.2, 0.25) is 0 Å². The molecule has 0 aliphatic rings. The van der Waals surface area contributed by atoms with Gasteiger partial charge in [0.15, 0.2) is 0 Å². The number of rotatable bonds is 11. The summed E-state index contributed by atoms with van der Waals surface area (Å²) in [5.41, 5.74) is 2.23. The normalized spacial score (nSPS) is 12.0. The van der Waals surface area contributed by atoms with E-state index in [4.69, 9.17) is 4.74 Å². The lowest BCUT2D eigenvalue weighted by molar-refractivity contribution is -0.104. The monoisotopic (exact) mass is 409 g/mol. The molecule has 0 rings (SSSR count). The molecular weight excluding hydrogens is 358 g/mol. The summed E-state index contributed by atoms with van der Waals surface area (Å²) in [6.45, 7) is 24.0. The lowest BCUT2D eigenvalue weighted by atomic mass is 9.97. The zero-order valence-electron chi connectivity index (χ0n) is 21.3. The van der Waals surface area contributed by atoms with E-state index in [1.54, 1.807) is 13.2 Å². The maximum Gasteiger partial charge on any atom is 0.149 e. The Morgan fingerprint density at radius 3 is 1.97 bits per heavy atom. The second-order valence-electron chi connectivity index (χ2n) is 9.05. The lowest BCUT2D eigenvalue weighted by Crippen LogP contribution is -2.39. The largest absolute Gasteiger partial charge is 0.379 e. The zero-order valence-corrected chi connectivity index (χ0v) is 21.3. The molecule has 0 radical (unpaired) electrons. The maximum absolute atomic E-state index is 10.1. The molecule has 0 saturated heterocycles.